The van der Waals surface area contributed by atoms with Crippen molar-refractivity contribution < 1.29 is 43.9 Å². The van der Waals surface area contributed by atoms with Crippen LogP contribution < -0.4 is 14.2 Å². The lowest BCUT2D eigenvalue weighted by molar-refractivity contribution is 0.102. The smallest absolute Gasteiger partial charge is 0.196 e. The highest BCUT2D eigenvalue weighted by Crippen LogP contribution is 2.28. The number of aromatic hydroxyl groups is 3. The first kappa shape index (κ1) is 39.9. The van der Waals surface area contributed by atoms with Crippen molar-refractivity contribution in [3.63, 3.8) is 0 Å². The van der Waals surface area contributed by atoms with Crippen molar-refractivity contribution in [1.29, 1.82) is 0 Å². The van der Waals surface area contributed by atoms with Gasteiger partial charge in [0.1, 0.15) is 34.5 Å². The third-order valence-electron chi connectivity index (χ3n) is 7.77. The van der Waals surface area contributed by atoms with Gasteiger partial charge in [0.2, 0.25) is 0 Å². The minimum Gasteiger partial charge on any atom is -0.507 e. The minimum absolute atomic E-state index is 0.0533. The Morgan fingerprint density at radius 1 is 0.463 bits per heavy atom. The van der Waals surface area contributed by atoms with E-state index >= 15 is 0 Å². The van der Waals surface area contributed by atoms with Gasteiger partial charge >= 0.3 is 0 Å². The van der Waals surface area contributed by atoms with E-state index in [4.69, 9.17) is 14.2 Å². The third kappa shape index (κ3) is 11.1. The Morgan fingerprint density at radius 2 is 0.796 bits per heavy atom. The zero-order valence-electron chi connectivity index (χ0n) is 30.3. The Kier molecular flexibility index (Phi) is 15.0. The maximum Gasteiger partial charge on any atom is 0.196 e. The summed E-state index contributed by atoms with van der Waals surface area (Å²) in [6.45, 7) is 4.98. The van der Waals surface area contributed by atoms with Crippen molar-refractivity contribution in [3.05, 3.63) is 179 Å². The number of hydrogen-bond donors (Lipinski definition) is 3. The van der Waals surface area contributed by atoms with Crippen LogP contribution in [-0.4, -0.2) is 53.0 Å². The van der Waals surface area contributed by atoms with Crippen molar-refractivity contribution in [2.24, 2.45) is 0 Å². The predicted octanol–water partition coefficient (Wildman–Crippen LogP) is 9.07. The average molecular weight is 727 g/mol. The second-order valence-corrected chi connectivity index (χ2v) is 11.6. The molecule has 6 aromatic rings. The number of carbonyl (C=O) groups excluding carboxylic acids is 3. The minimum atomic E-state index is -0.203. The molecule has 0 saturated heterocycles. The van der Waals surface area contributed by atoms with Crippen molar-refractivity contribution in [2.45, 2.75) is 20.3 Å². The predicted molar refractivity (Wildman–Crippen MR) is 207 cm³/mol. The average Bonchev–Trinajstić information content (AvgIpc) is 3.21. The van der Waals surface area contributed by atoms with Crippen molar-refractivity contribution in [3.8, 4) is 34.5 Å². The maximum atomic E-state index is 12.2. The first-order valence-corrected chi connectivity index (χ1v) is 17.2. The van der Waals surface area contributed by atoms with Gasteiger partial charge in [0.25, 0.3) is 0 Å². The summed E-state index contributed by atoms with van der Waals surface area (Å²) in [4.78, 5) is 36.4. The molecular formula is C45H42O9. The second-order valence-electron chi connectivity index (χ2n) is 11.6. The van der Waals surface area contributed by atoms with Crippen LogP contribution in [0.25, 0.3) is 0 Å². The molecule has 0 atom stereocenters. The summed E-state index contributed by atoms with van der Waals surface area (Å²) in [6, 6.07) is 40.7. The molecule has 0 bridgehead atoms. The molecule has 0 amide bonds. The molecule has 54 heavy (non-hydrogen) atoms. The Balaban J connectivity index is 0.000000181. The molecule has 0 aliphatic rings. The summed E-state index contributed by atoms with van der Waals surface area (Å²) < 4.78 is 15.6. The zero-order chi connectivity index (χ0) is 38.9. The standard InChI is InChI=1S/C16H16O3.C15H14O3.C14H12O3/c1-2-10-19-13-8-9-14(15(17)11-13)16(18)12-6-4-3-5-7-12;1-2-18-12-8-9-13(14(16)10-12)15(17)11-6-4-3-5-7-11;1-17-11-7-8-12(13(15)9-11)14(16)10-5-3-2-4-6-10/h3-9,11,17H,2,10H2,1H3;3-10,16H,2H2,1H3;2-9,15H,1H3. The lowest BCUT2D eigenvalue weighted by Gasteiger charge is -2.08. The van der Waals surface area contributed by atoms with E-state index in [-0.39, 0.29) is 51.3 Å². The van der Waals surface area contributed by atoms with Crippen LogP contribution in [0.3, 0.4) is 0 Å². The summed E-state index contributed by atoms with van der Waals surface area (Å²) >= 11 is 0. The molecule has 9 nitrogen and oxygen atoms in total. The van der Waals surface area contributed by atoms with E-state index < -0.39 is 0 Å². The summed E-state index contributed by atoms with van der Waals surface area (Å²) in [5, 5.41) is 29.5. The first-order valence-electron chi connectivity index (χ1n) is 17.2. The van der Waals surface area contributed by atoms with E-state index in [0.717, 1.165) is 6.42 Å². The van der Waals surface area contributed by atoms with Crippen LogP contribution >= 0.6 is 0 Å². The monoisotopic (exact) mass is 726 g/mol. The molecule has 6 aromatic carbocycles. The fourth-order valence-electron chi connectivity index (χ4n) is 5.04. The van der Waals surface area contributed by atoms with Gasteiger partial charge in [-0.05, 0) is 49.7 Å². The van der Waals surface area contributed by atoms with E-state index in [0.29, 0.717) is 47.2 Å². The van der Waals surface area contributed by atoms with Crippen LogP contribution in [0.4, 0.5) is 0 Å². The summed E-state index contributed by atoms with van der Waals surface area (Å²) in [5.41, 5.74) is 2.50. The zero-order valence-corrected chi connectivity index (χ0v) is 30.3. The van der Waals surface area contributed by atoms with Gasteiger partial charge in [-0.2, -0.15) is 0 Å². The molecular weight excluding hydrogens is 684 g/mol. The SMILES string of the molecule is CCCOc1ccc(C(=O)c2ccccc2)c(O)c1.CCOc1ccc(C(=O)c2ccccc2)c(O)c1.COc1ccc(C(=O)c2ccccc2)c(O)c1. The fraction of sp³-hybridized carbons (Fsp3) is 0.133. The van der Waals surface area contributed by atoms with E-state index in [2.05, 4.69) is 0 Å². The molecule has 0 fully saturated rings. The number of rotatable bonds is 12. The number of benzene rings is 6. The molecule has 3 N–H and O–H groups in total. The maximum absolute atomic E-state index is 12.2. The van der Waals surface area contributed by atoms with Crippen molar-refractivity contribution in [2.75, 3.05) is 20.3 Å². The third-order valence-corrected chi connectivity index (χ3v) is 7.77. The molecule has 0 aliphatic carbocycles. The van der Waals surface area contributed by atoms with Crippen LogP contribution in [0, 0.1) is 0 Å². The van der Waals surface area contributed by atoms with Crippen LogP contribution in [0.1, 0.15) is 68.0 Å². The van der Waals surface area contributed by atoms with Gasteiger partial charge in [-0.25, -0.2) is 0 Å². The van der Waals surface area contributed by atoms with E-state index in [9.17, 15) is 29.7 Å². The molecule has 0 aromatic heterocycles. The topological polar surface area (TPSA) is 140 Å². The number of hydrogen-bond acceptors (Lipinski definition) is 9. The largest absolute Gasteiger partial charge is 0.507 e. The molecule has 9 heteroatoms. The number of methoxy groups -OCH3 is 1. The Morgan fingerprint density at radius 3 is 1.11 bits per heavy atom. The number of phenols is 3. The molecule has 276 valence electrons. The molecule has 0 saturated carbocycles. The van der Waals surface area contributed by atoms with E-state index in [1.807, 2.05) is 32.0 Å². The Bertz CT molecular complexity index is 2130. The summed E-state index contributed by atoms with van der Waals surface area (Å²) in [5.74, 6) is 0.869. The normalized spacial score (nSPS) is 10.1. The van der Waals surface area contributed by atoms with Crippen LogP contribution in [0.5, 0.6) is 34.5 Å². The highest BCUT2D eigenvalue weighted by Gasteiger charge is 2.16. The van der Waals surface area contributed by atoms with Gasteiger partial charge in [-0.15, -0.1) is 0 Å². The van der Waals surface area contributed by atoms with E-state index in [1.165, 1.54) is 25.3 Å². The molecule has 0 unspecified atom stereocenters. The van der Waals surface area contributed by atoms with Gasteiger partial charge < -0.3 is 29.5 Å². The van der Waals surface area contributed by atoms with E-state index in [1.54, 1.807) is 109 Å². The molecule has 0 aliphatic heterocycles. The molecule has 0 heterocycles. The number of carbonyl (C=O) groups is 3. The fourth-order valence-corrected chi connectivity index (χ4v) is 5.04. The van der Waals surface area contributed by atoms with Gasteiger partial charge in [0.05, 0.1) is 37.0 Å². The lowest BCUT2D eigenvalue weighted by Crippen LogP contribution is -2.02. The van der Waals surface area contributed by atoms with Crippen LogP contribution in [0.2, 0.25) is 0 Å². The van der Waals surface area contributed by atoms with Gasteiger partial charge in [-0.1, -0.05) is 97.9 Å². The molecule has 0 radical (unpaired) electrons. The highest BCUT2D eigenvalue weighted by molar-refractivity contribution is 6.12. The van der Waals surface area contributed by atoms with Crippen molar-refractivity contribution >= 4 is 17.3 Å². The molecule has 6 rings (SSSR count). The number of ketones is 3. The number of phenolic OH excluding ortho intramolecular Hbond substituents is 3. The summed E-state index contributed by atoms with van der Waals surface area (Å²) in [6.07, 6.45) is 0.894. The quantitative estimate of drug-likeness (QED) is 0.105. The molecule has 0 spiro atoms. The van der Waals surface area contributed by atoms with Gasteiger partial charge in [0.15, 0.2) is 17.3 Å². The van der Waals surface area contributed by atoms with Gasteiger partial charge in [0, 0.05) is 34.9 Å². The Labute approximate surface area is 314 Å². The number of ether oxygens (including phenoxy) is 3. The van der Waals surface area contributed by atoms with Crippen LogP contribution in [-0.2, 0) is 0 Å². The second kappa shape index (κ2) is 20.2. The first-order chi connectivity index (χ1) is 26.2. The van der Waals surface area contributed by atoms with Gasteiger partial charge in [-0.3, -0.25) is 14.4 Å². The van der Waals surface area contributed by atoms with Crippen molar-refractivity contribution in [1.82, 2.24) is 0 Å². The van der Waals surface area contributed by atoms with Crippen LogP contribution in [0.15, 0.2) is 146 Å². The highest BCUT2D eigenvalue weighted by atomic mass is 16.5. The Hall–Kier alpha value is -6.87. The summed E-state index contributed by atoms with van der Waals surface area (Å²) in [7, 11) is 1.51. The lowest BCUT2D eigenvalue weighted by atomic mass is 10.0.